The Kier molecular flexibility index (Phi) is 5.74. The first-order valence-corrected chi connectivity index (χ1v) is 7.83. The van der Waals surface area contributed by atoms with Gasteiger partial charge in [0.1, 0.15) is 0 Å². The number of thioether (sulfide) groups is 1. The normalized spacial score (nSPS) is 10.8. The second-order valence-electron chi connectivity index (χ2n) is 5.09. The van der Waals surface area contributed by atoms with E-state index in [9.17, 15) is 4.79 Å². The predicted octanol–water partition coefficient (Wildman–Crippen LogP) is 1.59. The molecule has 0 fully saturated rings. The minimum Gasteiger partial charge on any atom is -0.355 e. The molecule has 1 N–H and O–H groups in total. The van der Waals surface area contributed by atoms with E-state index in [0.29, 0.717) is 29.9 Å². The number of hydrogen-bond acceptors (Lipinski definition) is 5. The van der Waals surface area contributed by atoms with Crippen LogP contribution < -0.4 is 5.32 Å². The second kappa shape index (κ2) is 7.78. The molecule has 0 unspecified atom stereocenters. The van der Waals surface area contributed by atoms with Gasteiger partial charge in [0.05, 0.1) is 12.3 Å². The molecular weight excluding hydrogens is 286 g/mol. The Labute approximate surface area is 128 Å². The molecule has 7 heteroatoms. The Balaban J connectivity index is 1.87. The van der Waals surface area contributed by atoms with Crippen LogP contribution in [0.4, 0.5) is 0 Å². The Morgan fingerprint density at radius 1 is 1.33 bits per heavy atom. The third-order valence-electron chi connectivity index (χ3n) is 2.71. The lowest BCUT2D eigenvalue weighted by atomic mass is 10.2. The Bertz CT molecular complexity index is 570. The standard InChI is InChI=1S/C14H19N5OS/c1-11(2)8-15-13(20)10-21-14-16-17-18-19(14)9-12-6-4-3-5-7-12/h3-7,11H,8-10H2,1-2H3,(H,15,20). The van der Waals surface area contributed by atoms with E-state index >= 15 is 0 Å². The molecular formula is C14H19N5OS. The molecule has 0 saturated carbocycles. The molecule has 1 aromatic heterocycles. The number of amides is 1. The fourth-order valence-electron chi connectivity index (χ4n) is 1.65. The zero-order valence-corrected chi connectivity index (χ0v) is 13.0. The van der Waals surface area contributed by atoms with Gasteiger partial charge in [-0.3, -0.25) is 4.79 Å². The first kappa shape index (κ1) is 15.5. The first-order valence-electron chi connectivity index (χ1n) is 6.84. The lowest BCUT2D eigenvalue weighted by molar-refractivity contribution is -0.118. The van der Waals surface area contributed by atoms with E-state index in [1.807, 2.05) is 30.3 Å². The molecule has 0 saturated heterocycles. The van der Waals surface area contributed by atoms with Crippen molar-refractivity contribution in [1.82, 2.24) is 25.5 Å². The maximum Gasteiger partial charge on any atom is 0.230 e. The van der Waals surface area contributed by atoms with Gasteiger partial charge >= 0.3 is 0 Å². The molecule has 0 aliphatic rings. The van der Waals surface area contributed by atoms with Gasteiger partial charge in [-0.2, -0.15) is 0 Å². The van der Waals surface area contributed by atoms with Gasteiger partial charge in [-0.1, -0.05) is 55.9 Å². The van der Waals surface area contributed by atoms with Crippen LogP contribution in [0.1, 0.15) is 19.4 Å². The highest BCUT2D eigenvalue weighted by Crippen LogP contribution is 2.14. The van der Waals surface area contributed by atoms with Gasteiger partial charge in [-0.15, -0.1) is 5.10 Å². The van der Waals surface area contributed by atoms with Crippen LogP contribution in [0, 0.1) is 5.92 Å². The summed E-state index contributed by atoms with van der Waals surface area (Å²) in [6.07, 6.45) is 0. The number of hydrogen-bond donors (Lipinski definition) is 1. The summed E-state index contributed by atoms with van der Waals surface area (Å²) >= 11 is 1.35. The topological polar surface area (TPSA) is 72.7 Å². The van der Waals surface area contributed by atoms with Crippen molar-refractivity contribution in [2.75, 3.05) is 12.3 Å². The van der Waals surface area contributed by atoms with Crippen LogP contribution in [-0.4, -0.2) is 38.4 Å². The molecule has 0 aliphatic heterocycles. The van der Waals surface area contributed by atoms with Crippen molar-refractivity contribution in [1.29, 1.82) is 0 Å². The highest BCUT2D eigenvalue weighted by atomic mass is 32.2. The molecule has 0 atom stereocenters. The molecule has 2 rings (SSSR count). The number of carbonyl (C=O) groups excluding carboxylic acids is 1. The van der Waals surface area contributed by atoms with Crippen LogP contribution in [-0.2, 0) is 11.3 Å². The van der Waals surface area contributed by atoms with E-state index in [-0.39, 0.29) is 5.91 Å². The van der Waals surface area contributed by atoms with Gasteiger partial charge in [0, 0.05) is 6.54 Å². The Morgan fingerprint density at radius 2 is 2.10 bits per heavy atom. The highest BCUT2D eigenvalue weighted by Gasteiger charge is 2.10. The summed E-state index contributed by atoms with van der Waals surface area (Å²) in [5.74, 6) is 0.771. The summed E-state index contributed by atoms with van der Waals surface area (Å²) in [4.78, 5) is 11.7. The van der Waals surface area contributed by atoms with Gasteiger partial charge in [0.15, 0.2) is 0 Å². The average molecular weight is 305 g/mol. The smallest absolute Gasteiger partial charge is 0.230 e. The van der Waals surface area contributed by atoms with Crippen molar-refractivity contribution < 1.29 is 4.79 Å². The minimum absolute atomic E-state index is 0.00274. The number of carbonyl (C=O) groups is 1. The van der Waals surface area contributed by atoms with Crippen molar-refractivity contribution in [3.8, 4) is 0 Å². The van der Waals surface area contributed by atoms with Gasteiger partial charge in [-0.05, 0) is 21.9 Å². The van der Waals surface area contributed by atoms with E-state index in [0.717, 1.165) is 5.56 Å². The molecule has 2 aromatic rings. The summed E-state index contributed by atoms with van der Waals surface area (Å²) in [5, 5.41) is 15.1. The number of nitrogens with zero attached hydrogens (tertiary/aromatic N) is 4. The third-order valence-corrected chi connectivity index (χ3v) is 3.67. The molecule has 0 radical (unpaired) electrons. The maximum atomic E-state index is 11.7. The zero-order chi connectivity index (χ0) is 15.1. The van der Waals surface area contributed by atoms with Gasteiger partial charge < -0.3 is 5.32 Å². The number of nitrogens with one attached hydrogen (secondary N) is 1. The van der Waals surface area contributed by atoms with Crippen LogP contribution in [0.2, 0.25) is 0 Å². The molecule has 112 valence electrons. The number of tetrazole rings is 1. The van der Waals surface area contributed by atoms with Gasteiger partial charge in [-0.25, -0.2) is 4.68 Å². The van der Waals surface area contributed by atoms with Crippen LogP contribution >= 0.6 is 11.8 Å². The van der Waals surface area contributed by atoms with Crippen molar-refractivity contribution >= 4 is 17.7 Å². The average Bonchev–Trinajstić information content (AvgIpc) is 2.91. The van der Waals surface area contributed by atoms with Crippen LogP contribution in [0.25, 0.3) is 0 Å². The molecule has 6 nitrogen and oxygen atoms in total. The molecule has 1 amide bonds. The van der Waals surface area contributed by atoms with Crippen LogP contribution in [0.5, 0.6) is 0 Å². The maximum absolute atomic E-state index is 11.7. The predicted molar refractivity (Wildman–Crippen MR) is 81.9 cm³/mol. The van der Waals surface area contributed by atoms with E-state index in [1.54, 1.807) is 4.68 Å². The molecule has 0 bridgehead atoms. The van der Waals surface area contributed by atoms with Gasteiger partial charge in [0.2, 0.25) is 11.1 Å². The lowest BCUT2D eigenvalue weighted by Gasteiger charge is -2.07. The lowest BCUT2D eigenvalue weighted by Crippen LogP contribution is -2.28. The van der Waals surface area contributed by atoms with Gasteiger partial charge in [0.25, 0.3) is 0 Å². The second-order valence-corrected chi connectivity index (χ2v) is 6.03. The summed E-state index contributed by atoms with van der Waals surface area (Å²) in [6, 6.07) is 9.96. The molecule has 0 aliphatic carbocycles. The summed E-state index contributed by atoms with van der Waals surface area (Å²) in [5.41, 5.74) is 1.12. The Hall–Kier alpha value is -1.89. The van der Waals surface area contributed by atoms with Crippen LogP contribution in [0.3, 0.4) is 0 Å². The number of aromatic nitrogens is 4. The van der Waals surface area contributed by atoms with E-state index in [1.165, 1.54) is 11.8 Å². The molecule has 21 heavy (non-hydrogen) atoms. The minimum atomic E-state index is 0.00274. The largest absolute Gasteiger partial charge is 0.355 e. The van der Waals surface area contributed by atoms with Crippen LogP contribution in [0.15, 0.2) is 35.5 Å². The highest BCUT2D eigenvalue weighted by molar-refractivity contribution is 7.99. The van der Waals surface area contributed by atoms with E-state index in [2.05, 4.69) is 34.7 Å². The quantitative estimate of drug-likeness (QED) is 0.786. The summed E-state index contributed by atoms with van der Waals surface area (Å²) in [7, 11) is 0. The fraction of sp³-hybridized carbons (Fsp3) is 0.429. The Morgan fingerprint density at radius 3 is 2.81 bits per heavy atom. The van der Waals surface area contributed by atoms with Crippen molar-refractivity contribution in [2.24, 2.45) is 5.92 Å². The summed E-state index contributed by atoms with van der Waals surface area (Å²) in [6.45, 7) is 5.42. The molecule has 1 aromatic carbocycles. The number of rotatable bonds is 7. The monoisotopic (exact) mass is 305 g/mol. The van der Waals surface area contributed by atoms with E-state index < -0.39 is 0 Å². The number of benzene rings is 1. The fourth-order valence-corrected chi connectivity index (χ4v) is 2.36. The third kappa shape index (κ3) is 5.18. The van der Waals surface area contributed by atoms with Crippen molar-refractivity contribution in [2.45, 2.75) is 25.5 Å². The summed E-state index contributed by atoms with van der Waals surface area (Å²) < 4.78 is 1.70. The zero-order valence-electron chi connectivity index (χ0n) is 12.2. The molecule has 0 spiro atoms. The van der Waals surface area contributed by atoms with E-state index in [4.69, 9.17) is 0 Å². The SMILES string of the molecule is CC(C)CNC(=O)CSc1nnnn1Cc1ccccc1. The van der Waals surface area contributed by atoms with Crippen molar-refractivity contribution in [3.63, 3.8) is 0 Å². The molecule has 1 heterocycles. The first-order chi connectivity index (χ1) is 10.1. The van der Waals surface area contributed by atoms with Crippen molar-refractivity contribution in [3.05, 3.63) is 35.9 Å².